The minimum Gasteiger partial charge on any atom is -0.353 e. The Kier molecular flexibility index (Phi) is 6.09. The minimum absolute atomic E-state index is 0.0312. The molecule has 1 aliphatic rings. The van der Waals surface area contributed by atoms with Crippen molar-refractivity contribution in [3.8, 4) is 0 Å². The van der Waals surface area contributed by atoms with Crippen LogP contribution in [-0.4, -0.2) is 24.4 Å². The third kappa shape index (κ3) is 4.62. The van der Waals surface area contributed by atoms with E-state index >= 15 is 0 Å². The number of hydrogen-bond donors (Lipinski definition) is 1. The Hall–Kier alpha value is -1.26. The summed E-state index contributed by atoms with van der Waals surface area (Å²) in [5.41, 5.74) is 0.537. The van der Waals surface area contributed by atoms with Crippen molar-refractivity contribution >= 4 is 40.7 Å². The van der Waals surface area contributed by atoms with Crippen molar-refractivity contribution in [2.24, 2.45) is 0 Å². The van der Waals surface area contributed by atoms with Crippen LogP contribution in [-0.2, 0) is 9.59 Å². The monoisotopic (exact) mass is 342 g/mol. The molecule has 0 heterocycles. The van der Waals surface area contributed by atoms with E-state index in [1.807, 2.05) is 0 Å². The van der Waals surface area contributed by atoms with Crippen LogP contribution in [0.2, 0.25) is 10.0 Å². The highest BCUT2D eigenvalue weighted by molar-refractivity contribution is 6.35. The Bertz CT molecular complexity index is 557. The fraction of sp³-hybridized carbons (Fsp3) is 0.500. The van der Waals surface area contributed by atoms with Gasteiger partial charge in [-0.25, -0.2) is 0 Å². The lowest BCUT2D eigenvalue weighted by Gasteiger charge is -2.23. The minimum atomic E-state index is -0.169. The highest BCUT2D eigenvalue weighted by Gasteiger charge is 2.20. The quantitative estimate of drug-likeness (QED) is 0.884. The van der Waals surface area contributed by atoms with Gasteiger partial charge in [0, 0.05) is 31.0 Å². The molecular weight excluding hydrogens is 323 g/mol. The molecule has 0 unspecified atom stereocenters. The third-order valence-corrected chi connectivity index (χ3v) is 4.42. The van der Waals surface area contributed by atoms with Crippen molar-refractivity contribution in [3.63, 3.8) is 0 Å². The van der Waals surface area contributed by atoms with Gasteiger partial charge in [0.15, 0.2) is 0 Å². The average Bonchev–Trinajstić information content (AvgIpc) is 2.95. The van der Waals surface area contributed by atoms with E-state index in [-0.39, 0.29) is 30.8 Å². The molecule has 1 aliphatic carbocycles. The van der Waals surface area contributed by atoms with Crippen LogP contribution in [0.1, 0.15) is 39.0 Å². The first kappa shape index (κ1) is 17.1. The summed E-state index contributed by atoms with van der Waals surface area (Å²) in [6.45, 7) is 1.74. The molecule has 2 amide bonds. The van der Waals surface area contributed by atoms with Crippen LogP contribution in [0, 0.1) is 0 Å². The lowest BCUT2D eigenvalue weighted by molar-refractivity contribution is -0.121. The van der Waals surface area contributed by atoms with Gasteiger partial charge in [-0.3, -0.25) is 9.59 Å². The topological polar surface area (TPSA) is 49.4 Å². The van der Waals surface area contributed by atoms with E-state index in [0.29, 0.717) is 15.7 Å². The van der Waals surface area contributed by atoms with Gasteiger partial charge in [0.05, 0.1) is 10.7 Å². The Morgan fingerprint density at radius 3 is 2.59 bits per heavy atom. The SMILES string of the molecule is CC(=O)N(CCC(=O)NC1CCCC1)c1cc(Cl)ccc1Cl. The van der Waals surface area contributed by atoms with Gasteiger partial charge in [0.2, 0.25) is 11.8 Å². The van der Waals surface area contributed by atoms with Gasteiger partial charge >= 0.3 is 0 Å². The first-order chi connectivity index (χ1) is 10.5. The maximum Gasteiger partial charge on any atom is 0.223 e. The maximum atomic E-state index is 12.0. The Morgan fingerprint density at radius 2 is 1.95 bits per heavy atom. The van der Waals surface area contributed by atoms with Crippen LogP contribution in [0.15, 0.2) is 18.2 Å². The summed E-state index contributed by atoms with van der Waals surface area (Å²) in [7, 11) is 0. The Morgan fingerprint density at radius 1 is 1.27 bits per heavy atom. The normalized spacial score (nSPS) is 14.9. The molecule has 120 valence electrons. The van der Waals surface area contributed by atoms with Crippen LogP contribution < -0.4 is 10.2 Å². The van der Waals surface area contributed by atoms with Gasteiger partial charge < -0.3 is 10.2 Å². The molecule has 0 saturated heterocycles. The van der Waals surface area contributed by atoms with Gasteiger partial charge in [0.25, 0.3) is 0 Å². The zero-order chi connectivity index (χ0) is 16.1. The molecule has 0 radical (unpaired) electrons. The lowest BCUT2D eigenvalue weighted by atomic mass is 10.2. The summed E-state index contributed by atoms with van der Waals surface area (Å²) in [4.78, 5) is 25.3. The van der Waals surface area contributed by atoms with Crippen LogP contribution >= 0.6 is 23.2 Å². The zero-order valence-corrected chi connectivity index (χ0v) is 14.1. The lowest BCUT2D eigenvalue weighted by Crippen LogP contribution is -2.37. The van der Waals surface area contributed by atoms with E-state index in [1.54, 1.807) is 18.2 Å². The van der Waals surface area contributed by atoms with Crippen molar-refractivity contribution in [2.75, 3.05) is 11.4 Å². The molecule has 1 aromatic carbocycles. The van der Waals surface area contributed by atoms with Crippen LogP contribution in [0.3, 0.4) is 0 Å². The van der Waals surface area contributed by atoms with Crippen LogP contribution in [0.25, 0.3) is 0 Å². The van der Waals surface area contributed by atoms with Crippen LogP contribution in [0.4, 0.5) is 5.69 Å². The number of rotatable bonds is 5. The van der Waals surface area contributed by atoms with E-state index in [9.17, 15) is 9.59 Å². The predicted molar refractivity (Wildman–Crippen MR) is 89.5 cm³/mol. The summed E-state index contributed by atoms with van der Waals surface area (Å²) >= 11 is 12.1. The Balaban J connectivity index is 1.98. The van der Waals surface area contributed by atoms with E-state index in [0.717, 1.165) is 12.8 Å². The molecule has 0 atom stereocenters. The first-order valence-corrected chi connectivity index (χ1v) is 8.25. The summed E-state index contributed by atoms with van der Waals surface area (Å²) in [5, 5.41) is 3.96. The number of benzene rings is 1. The molecule has 0 aromatic heterocycles. The van der Waals surface area contributed by atoms with Crippen molar-refractivity contribution in [1.29, 1.82) is 0 Å². The van der Waals surface area contributed by atoms with Gasteiger partial charge in [-0.1, -0.05) is 36.0 Å². The largest absolute Gasteiger partial charge is 0.353 e. The van der Waals surface area contributed by atoms with Gasteiger partial charge in [-0.15, -0.1) is 0 Å². The zero-order valence-electron chi connectivity index (χ0n) is 12.6. The van der Waals surface area contributed by atoms with Crippen molar-refractivity contribution in [3.05, 3.63) is 28.2 Å². The molecular formula is C16H20Cl2N2O2. The second-order valence-electron chi connectivity index (χ2n) is 5.57. The van der Waals surface area contributed by atoms with E-state index in [1.165, 1.54) is 24.7 Å². The molecule has 1 N–H and O–H groups in total. The molecule has 22 heavy (non-hydrogen) atoms. The molecule has 0 aliphatic heterocycles. The highest BCUT2D eigenvalue weighted by atomic mass is 35.5. The van der Waals surface area contributed by atoms with E-state index in [4.69, 9.17) is 23.2 Å². The van der Waals surface area contributed by atoms with Gasteiger partial charge in [-0.05, 0) is 31.0 Å². The molecule has 0 bridgehead atoms. The van der Waals surface area contributed by atoms with E-state index in [2.05, 4.69) is 5.32 Å². The summed E-state index contributed by atoms with van der Waals surface area (Å²) in [5.74, 6) is -0.200. The first-order valence-electron chi connectivity index (χ1n) is 7.50. The van der Waals surface area contributed by atoms with Crippen molar-refractivity contribution in [2.45, 2.75) is 45.1 Å². The number of anilines is 1. The summed E-state index contributed by atoms with van der Waals surface area (Å²) < 4.78 is 0. The molecule has 0 spiro atoms. The highest BCUT2D eigenvalue weighted by Crippen LogP contribution is 2.29. The molecule has 6 heteroatoms. The summed E-state index contributed by atoms with van der Waals surface area (Å²) in [6.07, 6.45) is 4.68. The fourth-order valence-corrected chi connectivity index (χ4v) is 3.11. The second-order valence-corrected chi connectivity index (χ2v) is 6.41. The van der Waals surface area contributed by atoms with Crippen molar-refractivity contribution in [1.82, 2.24) is 5.32 Å². The van der Waals surface area contributed by atoms with Crippen molar-refractivity contribution < 1.29 is 9.59 Å². The number of amides is 2. The number of halogens is 2. The average molecular weight is 343 g/mol. The fourth-order valence-electron chi connectivity index (χ4n) is 2.72. The smallest absolute Gasteiger partial charge is 0.223 e. The molecule has 1 fully saturated rings. The number of hydrogen-bond acceptors (Lipinski definition) is 2. The standard InChI is InChI=1S/C16H20Cl2N2O2/c1-11(21)20(15-10-12(17)6-7-14(15)18)9-8-16(22)19-13-4-2-3-5-13/h6-7,10,13H,2-5,8-9H2,1H3,(H,19,22). The number of carbonyl (C=O) groups excluding carboxylic acids is 2. The van der Waals surface area contributed by atoms with Crippen LogP contribution in [0.5, 0.6) is 0 Å². The number of nitrogens with one attached hydrogen (secondary N) is 1. The molecule has 4 nitrogen and oxygen atoms in total. The Labute approximate surface area is 140 Å². The molecule has 2 rings (SSSR count). The van der Waals surface area contributed by atoms with E-state index < -0.39 is 0 Å². The third-order valence-electron chi connectivity index (χ3n) is 3.86. The van der Waals surface area contributed by atoms with Gasteiger partial charge in [-0.2, -0.15) is 0 Å². The van der Waals surface area contributed by atoms with Gasteiger partial charge in [0.1, 0.15) is 0 Å². The second kappa shape index (κ2) is 7.84. The summed E-state index contributed by atoms with van der Waals surface area (Å²) in [6, 6.07) is 5.24. The maximum absolute atomic E-state index is 12.0. The number of nitrogens with zero attached hydrogens (tertiary/aromatic N) is 1. The molecule has 1 aromatic rings. The molecule has 1 saturated carbocycles. The number of carbonyl (C=O) groups is 2. The predicted octanol–water partition coefficient (Wildman–Crippen LogP) is 3.80.